The Labute approximate surface area is 127 Å². The van der Waals surface area contributed by atoms with Crippen molar-refractivity contribution in [2.45, 2.75) is 23.8 Å². The third-order valence-corrected chi connectivity index (χ3v) is 6.21. The zero-order chi connectivity index (χ0) is 14.9. The van der Waals surface area contributed by atoms with Crippen molar-refractivity contribution in [3.63, 3.8) is 0 Å². The Morgan fingerprint density at radius 3 is 2.50 bits per heavy atom. The van der Waals surface area contributed by atoms with Gasteiger partial charge in [0, 0.05) is 13.1 Å². The normalized spacial score (nSPS) is 17.6. The Morgan fingerprint density at radius 1 is 1.30 bits per heavy atom. The molecule has 8 heteroatoms. The fourth-order valence-corrected chi connectivity index (χ4v) is 4.36. The van der Waals surface area contributed by atoms with Crippen LogP contribution >= 0.6 is 23.2 Å². The van der Waals surface area contributed by atoms with Gasteiger partial charge >= 0.3 is 0 Å². The first-order chi connectivity index (χ1) is 9.35. The summed E-state index contributed by atoms with van der Waals surface area (Å²) in [4.78, 5) is -0.248. The molecule has 0 aromatic heterocycles. The maximum absolute atomic E-state index is 13.7. The van der Waals surface area contributed by atoms with Crippen molar-refractivity contribution >= 4 is 33.2 Å². The summed E-state index contributed by atoms with van der Waals surface area (Å²) >= 11 is 11.4. The van der Waals surface area contributed by atoms with Gasteiger partial charge < -0.3 is 5.32 Å². The topological polar surface area (TPSA) is 49.4 Å². The highest BCUT2D eigenvalue weighted by Crippen LogP contribution is 2.32. The summed E-state index contributed by atoms with van der Waals surface area (Å²) in [5, 5.41) is 2.51. The third kappa shape index (κ3) is 2.94. The molecule has 1 heterocycles. The summed E-state index contributed by atoms with van der Waals surface area (Å²) in [7, 11) is -2.34. The summed E-state index contributed by atoms with van der Waals surface area (Å²) in [6.07, 6.45) is 1.42. The second kappa shape index (κ2) is 6.15. The number of benzene rings is 1. The fourth-order valence-electron chi connectivity index (χ4n) is 2.23. The SMILES string of the molecule is CN(C1CCNCC1)S(=O)(=O)c1ccc(Cl)c(F)c1Cl. The van der Waals surface area contributed by atoms with E-state index in [9.17, 15) is 12.8 Å². The Balaban J connectivity index is 2.37. The molecule has 0 saturated carbocycles. The first-order valence-corrected chi connectivity index (χ1v) is 8.37. The molecule has 0 spiro atoms. The van der Waals surface area contributed by atoms with Crippen LogP contribution in [-0.4, -0.2) is 38.9 Å². The minimum absolute atomic E-state index is 0.115. The highest BCUT2D eigenvalue weighted by molar-refractivity contribution is 7.89. The molecule has 1 aromatic carbocycles. The number of piperidine rings is 1. The van der Waals surface area contributed by atoms with Crippen molar-refractivity contribution in [3.8, 4) is 0 Å². The average Bonchev–Trinajstić information content (AvgIpc) is 2.44. The van der Waals surface area contributed by atoms with Crippen LogP contribution in [0, 0.1) is 5.82 Å². The van der Waals surface area contributed by atoms with Crippen LogP contribution in [0.2, 0.25) is 10.0 Å². The van der Waals surface area contributed by atoms with Gasteiger partial charge in [-0.1, -0.05) is 23.2 Å². The Bertz CT molecular complexity index is 604. The Morgan fingerprint density at radius 2 is 1.90 bits per heavy atom. The molecule has 4 nitrogen and oxygen atoms in total. The predicted octanol–water partition coefficient (Wildman–Crippen LogP) is 2.50. The summed E-state index contributed by atoms with van der Waals surface area (Å²) in [5.41, 5.74) is 0. The molecular formula is C12H15Cl2FN2O2S. The van der Waals surface area contributed by atoms with E-state index in [1.165, 1.54) is 23.5 Å². The van der Waals surface area contributed by atoms with Crippen LogP contribution in [0.15, 0.2) is 17.0 Å². The van der Waals surface area contributed by atoms with E-state index in [0.29, 0.717) is 12.8 Å². The average molecular weight is 341 g/mol. The van der Waals surface area contributed by atoms with E-state index >= 15 is 0 Å². The third-order valence-electron chi connectivity index (χ3n) is 3.48. The van der Waals surface area contributed by atoms with Crippen LogP contribution in [0.1, 0.15) is 12.8 Å². The van der Waals surface area contributed by atoms with Crippen molar-refractivity contribution in [1.82, 2.24) is 9.62 Å². The van der Waals surface area contributed by atoms with Gasteiger partial charge in [-0.2, -0.15) is 4.31 Å². The van der Waals surface area contributed by atoms with Gasteiger partial charge in [0.05, 0.1) is 10.0 Å². The van der Waals surface area contributed by atoms with Crippen LogP contribution < -0.4 is 5.32 Å². The number of halogens is 3. The molecule has 0 aliphatic carbocycles. The number of sulfonamides is 1. The van der Waals surface area contributed by atoms with E-state index in [1.54, 1.807) is 0 Å². The van der Waals surface area contributed by atoms with Crippen molar-refractivity contribution in [3.05, 3.63) is 28.0 Å². The predicted molar refractivity (Wildman–Crippen MR) is 77.3 cm³/mol. The first kappa shape index (κ1) is 16.0. The lowest BCUT2D eigenvalue weighted by Crippen LogP contribution is -2.43. The van der Waals surface area contributed by atoms with E-state index in [1.807, 2.05) is 0 Å². The fraction of sp³-hybridized carbons (Fsp3) is 0.500. The molecule has 0 amide bonds. The molecule has 1 aliphatic heterocycles. The number of nitrogens with zero attached hydrogens (tertiary/aromatic N) is 1. The summed E-state index contributed by atoms with van der Waals surface area (Å²) in [6, 6.07) is 2.32. The molecule has 112 valence electrons. The van der Waals surface area contributed by atoms with E-state index in [2.05, 4.69) is 5.32 Å². The number of hydrogen-bond acceptors (Lipinski definition) is 3. The number of rotatable bonds is 3. The summed E-state index contributed by atoms with van der Waals surface area (Å²) in [6.45, 7) is 1.51. The molecule has 0 radical (unpaired) electrons. The molecule has 0 atom stereocenters. The molecule has 1 aliphatic rings. The highest BCUT2D eigenvalue weighted by atomic mass is 35.5. The van der Waals surface area contributed by atoms with Crippen molar-refractivity contribution in [2.75, 3.05) is 20.1 Å². The van der Waals surface area contributed by atoms with Crippen molar-refractivity contribution in [1.29, 1.82) is 0 Å². The number of hydrogen-bond donors (Lipinski definition) is 1. The van der Waals surface area contributed by atoms with Gasteiger partial charge in [-0.3, -0.25) is 0 Å². The summed E-state index contributed by atoms with van der Waals surface area (Å²) < 4.78 is 40.0. The van der Waals surface area contributed by atoms with Gasteiger partial charge in [-0.15, -0.1) is 0 Å². The van der Waals surface area contributed by atoms with Crippen molar-refractivity contribution in [2.24, 2.45) is 0 Å². The second-order valence-corrected chi connectivity index (χ2v) is 7.43. The largest absolute Gasteiger partial charge is 0.317 e. The summed E-state index contributed by atoms with van der Waals surface area (Å²) in [5.74, 6) is -0.909. The maximum atomic E-state index is 13.7. The smallest absolute Gasteiger partial charge is 0.244 e. The molecular weight excluding hydrogens is 326 g/mol. The molecule has 1 aromatic rings. The molecule has 1 saturated heterocycles. The maximum Gasteiger partial charge on any atom is 0.244 e. The minimum atomic E-state index is -3.83. The van der Waals surface area contributed by atoms with Gasteiger partial charge in [0.15, 0.2) is 5.82 Å². The van der Waals surface area contributed by atoms with Gasteiger partial charge in [0.25, 0.3) is 0 Å². The zero-order valence-corrected chi connectivity index (χ0v) is 13.2. The molecule has 1 N–H and O–H groups in total. The first-order valence-electron chi connectivity index (χ1n) is 6.18. The Kier molecular flexibility index (Phi) is 4.92. The molecule has 2 rings (SSSR count). The number of nitrogens with one attached hydrogen (secondary N) is 1. The highest BCUT2D eigenvalue weighted by Gasteiger charge is 2.31. The van der Waals surface area contributed by atoms with E-state index < -0.39 is 20.9 Å². The van der Waals surface area contributed by atoms with Gasteiger partial charge in [-0.25, -0.2) is 12.8 Å². The lowest BCUT2D eigenvalue weighted by molar-refractivity contribution is 0.296. The lowest BCUT2D eigenvalue weighted by atomic mass is 10.1. The lowest BCUT2D eigenvalue weighted by Gasteiger charge is -2.31. The molecule has 0 bridgehead atoms. The van der Waals surface area contributed by atoms with Gasteiger partial charge in [-0.05, 0) is 38.1 Å². The second-order valence-electron chi connectivity index (χ2n) is 4.68. The monoisotopic (exact) mass is 340 g/mol. The minimum Gasteiger partial charge on any atom is -0.317 e. The standard InChI is InChI=1S/C12H15Cl2FN2O2S/c1-17(8-4-6-16-7-5-8)20(18,19)10-3-2-9(13)12(15)11(10)14/h2-3,8,16H,4-7H2,1H3. The zero-order valence-electron chi connectivity index (χ0n) is 10.9. The van der Waals surface area contributed by atoms with Crippen molar-refractivity contribution < 1.29 is 12.8 Å². The van der Waals surface area contributed by atoms with Crippen LogP contribution in [0.3, 0.4) is 0 Å². The van der Waals surface area contributed by atoms with Crippen LogP contribution in [0.5, 0.6) is 0 Å². The van der Waals surface area contributed by atoms with Gasteiger partial charge in [0.2, 0.25) is 10.0 Å². The molecule has 1 fully saturated rings. The Hall–Kier alpha value is -0.400. The quantitative estimate of drug-likeness (QED) is 0.860. The van der Waals surface area contributed by atoms with E-state index in [4.69, 9.17) is 23.2 Å². The molecule has 0 unspecified atom stereocenters. The van der Waals surface area contributed by atoms with Crippen LogP contribution in [-0.2, 0) is 10.0 Å². The van der Waals surface area contributed by atoms with E-state index in [0.717, 1.165) is 13.1 Å². The van der Waals surface area contributed by atoms with Crippen LogP contribution in [0.25, 0.3) is 0 Å². The molecule has 20 heavy (non-hydrogen) atoms. The van der Waals surface area contributed by atoms with Gasteiger partial charge in [0.1, 0.15) is 4.90 Å². The van der Waals surface area contributed by atoms with E-state index in [-0.39, 0.29) is 16.0 Å². The van der Waals surface area contributed by atoms with Crippen LogP contribution in [0.4, 0.5) is 4.39 Å².